The molecular formula is C15H32N2. The maximum Gasteiger partial charge on any atom is 0.0244 e. The molecule has 1 fully saturated rings. The molecule has 1 saturated heterocycles. The van der Waals surface area contributed by atoms with Crippen LogP contribution in [0.25, 0.3) is 0 Å². The van der Waals surface area contributed by atoms with Crippen LogP contribution in [-0.4, -0.2) is 36.6 Å². The molecule has 0 aliphatic carbocycles. The Labute approximate surface area is 108 Å². The molecule has 1 rings (SSSR count). The molecule has 2 nitrogen and oxygen atoms in total. The zero-order valence-electron chi connectivity index (χ0n) is 12.7. The minimum absolute atomic E-state index is 0.447. The third-order valence-corrected chi connectivity index (χ3v) is 4.39. The van der Waals surface area contributed by atoms with E-state index in [1.165, 1.54) is 25.9 Å². The van der Waals surface area contributed by atoms with Crippen LogP contribution in [0.3, 0.4) is 0 Å². The summed E-state index contributed by atoms with van der Waals surface area (Å²) in [7, 11) is 0. The van der Waals surface area contributed by atoms with Crippen molar-refractivity contribution in [2.24, 2.45) is 11.3 Å². The highest BCUT2D eigenvalue weighted by molar-refractivity contribution is 4.89. The van der Waals surface area contributed by atoms with Crippen LogP contribution in [0.15, 0.2) is 0 Å². The van der Waals surface area contributed by atoms with Gasteiger partial charge in [-0.25, -0.2) is 0 Å². The molecule has 1 aliphatic rings. The van der Waals surface area contributed by atoms with Gasteiger partial charge in [0.1, 0.15) is 0 Å². The molecule has 1 aliphatic heterocycles. The van der Waals surface area contributed by atoms with E-state index in [0.717, 1.165) is 12.5 Å². The van der Waals surface area contributed by atoms with Crippen LogP contribution in [0.5, 0.6) is 0 Å². The molecule has 2 heteroatoms. The number of rotatable bonds is 5. The Kier molecular flexibility index (Phi) is 5.46. The van der Waals surface area contributed by atoms with Gasteiger partial charge in [0.15, 0.2) is 0 Å². The smallest absolute Gasteiger partial charge is 0.0244 e. The first-order chi connectivity index (χ1) is 7.89. The van der Waals surface area contributed by atoms with E-state index in [0.29, 0.717) is 17.5 Å². The lowest BCUT2D eigenvalue weighted by Crippen LogP contribution is -2.59. The fourth-order valence-corrected chi connectivity index (χ4v) is 2.67. The topological polar surface area (TPSA) is 15.3 Å². The molecule has 0 aromatic heterocycles. The average molecular weight is 240 g/mol. The van der Waals surface area contributed by atoms with Gasteiger partial charge in [0.05, 0.1) is 0 Å². The first-order valence-corrected chi connectivity index (χ1v) is 7.37. The van der Waals surface area contributed by atoms with Gasteiger partial charge in [-0.3, -0.25) is 4.90 Å². The maximum atomic E-state index is 3.69. The van der Waals surface area contributed by atoms with Crippen LogP contribution in [0, 0.1) is 11.3 Å². The van der Waals surface area contributed by atoms with Crippen LogP contribution in [0.1, 0.15) is 54.4 Å². The van der Waals surface area contributed by atoms with Gasteiger partial charge in [-0.2, -0.15) is 0 Å². The minimum atomic E-state index is 0.447. The zero-order chi connectivity index (χ0) is 13.1. The zero-order valence-corrected chi connectivity index (χ0v) is 12.7. The summed E-state index contributed by atoms with van der Waals surface area (Å²) < 4.78 is 0. The summed E-state index contributed by atoms with van der Waals surface area (Å²) in [5, 5.41) is 3.69. The lowest BCUT2D eigenvalue weighted by atomic mass is 9.87. The predicted molar refractivity (Wildman–Crippen MR) is 76.4 cm³/mol. The highest BCUT2D eigenvalue weighted by atomic mass is 15.2. The third-order valence-electron chi connectivity index (χ3n) is 4.39. The third kappa shape index (κ3) is 4.26. The molecule has 2 unspecified atom stereocenters. The molecule has 17 heavy (non-hydrogen) atoms. The fourth-order valence-electron chi connectivity index (χ4n) is 2.67. The molecule has 0 amide bonds. The molecule has 0 saturated carbocycles. The molecule has 0 aromatic carbocycles. The van der Waals surface area contributed by atoms with Crippen LogP contribution in [0.4, 0.5) is 0 Å². The Morgan fingerprint density at radius 3 is 2.41 bits per heavy atom. The lowest BCUT2D eigenvalue weighted by molar-refractivity contribution is 0.0584. The predicted octanol–water partition coefficient (Wildman–Crippen LogP) is 3.13. The van der Waals surface area contributed by atoms with Crippen molar-refractivity contribution in [3.05, 3.63) is 0 Å². The number of hydrogen-bond donors (Lipinski definition) is 1. The van der Waals surface area contributed by atoms with Gasteiger partial charge in [0.2, 0.25) is 0 Å². The molecule has 0 radical (unpaired) electrons. The van der Waals surface area contributed by atoms with Crippen molar-refractivity contribution in [3.8, 4) is 0 Å². The van der Waals surface area contributed by atoms with Gasteiger partial charge in [-0.1, -0.05) is 41.5 Å². The van der Waals surface area contributed by atoms with Gasteiger partial charge in [0, 0.05) is 31.7 Å². The van der Waals surface area contributed by atoms with E-state index in [4.69, 9.17) is 0 Å². The van der Waals surface area contributed by atoms with Crippen molar-refractivity contribution in [1.82, 2.24) is 10.2 Å². The highest BCUT2D eigenvalue weighted by Gasteiger charge is 2.32. The molecule has 102 valence electrons. The van der Waals surface area contributed by atoms with Crippen LogP contribution < -0.4 is 5.32 Å². The Morgan fingerprint density at radius 2 is 1.94 bits per heavy atom. The quantitative estimate of drug-likeness (QED) is 0.794. The second-order valence-corrected chi connectivity index (χ2v) is 6.77. The molecular weight excluding hydrogens is 208 g/mol. The lowest BCUT2D eigenvalue weighted by Gasteiger charge is -2.45. The highest BCUT2D eigenvalue weighted by Crippen LogP contribution is 2.25. The van der Waals surface area contributed by atoms with E-state index >= 15 is 0 Å². The SMILES string of the molecule is CCC1CN(CC(C)(C)CC)C(C(C)C)CN1. The minimum Gasteiger partial charge on any atom is -0.311 e. The van der Waals surface area contributed by atoms with E-state index in [1.807, 2.05) is 0 Å². The van der Waals surface area contributed by atoms with Crippen LogP contribution in [-0.2, 0) is 0 Å². The van der Waals surface area contributed by atoms with Crippen LogP contribution >= 0.6 is 0 Å². The van der Waals surface area contributed by atoms with Gasteiger partial charge in [0.25, 0.3) is 0 Å². The Bertz CT molecular complexity index is 223. The molecule has 2 atom stereocenters. The molecule has 1 heterocycles. The summed E-state index contributed by atoms with van der Waals surface area (Å²) in [5.41, 5.74) is 0.447. The van der Waals surface area contributed by atoms with Crippen LogP contribution in [0.2, 0.25) is 0 Å². The van der Waals surface area contributed by atoms with E-state index in [-0.39, 0.29) is 0 Å². The van der Waals surface area contributed by atoms with E-state index in [2.05, 4.69) is 51.8 Å². The molecule has 0 aromatic rings. The first-order valence-electron chi connectivity index (χ1n) is 7.37. The van der Waals surface area contributed by atoms with Gasteiger partial charge in [-0.05, 0) is 24.2 Å². The summed E-state index contributed by atoms with van der Waals surface area (Å²) in [6.45, 7) is 17.7. The molecule has 0 spiro atoms. The molecule has 0 bridgehead atoms. The fraction of sp³-hybridized carbons (Fsp3) is 1.00. The van der Waals surface area contributed by atoms with E-state index < -0.39 is 0 Å². The number of piperazine rings is 1. The summed E-state index contributed by atoms with van der Waals surface area (Å²) in [6.07, 6.45) is 2.51. The number of hydrogen-bond acceptors (Lipinski definition) is 2. The van der Waals surface area contributed by atoms with Crippen molar-refractivity contribution in [3.63, 3.8) is 0 Å². The number of nitrogens with zero attached hydrogens (tertiary/aromatic N) is 1. The van der Waals surface area contributed by atoms with Gasteiger partial charge < -0.3 is 5.32 Å². The molecule has 1 N–H and O–H groups in total. The van der Waals surface area contributed by atoms with E-state index in [1.54, 1.807) is 0 Å². The van der Waals surface area contributed by atoms with Crippen molar-refractivity contribution < 1.29 is 0 Å². The van der Waals surface area contributed by atoms with Gasteiger partial charge in [-0.15, -0.1) is 0 Å². The monoisotopic (exact) mass is 240 g/mol. The number of nitrogens with one attached hydrogen (secondary N) is 1. The second-order valence-electron chi connectivity index (χ2n) is 6.77. The Morgan fingerprint density at radius 1 is 1.29 bits per heavy atom. The summed E-state index contributed by atoms with van der Waals surface area (Å²) in [5.74, 6) is 0.743. The Balaban J connectivity index is 2.67. The van der Waals surface area contributed by atoms with Crippen molar-refractivity contribution in [2.45, 2.75) is 66.5 Å². The van der Waals surface area contributed by atoms with E-state index in [9.17, 15) is 0 Å². The average Bonchev–Trinajstić information content (AvgIpc) is 2.28. The second kappa shape index (κ2) is 6.19. The van der Waals surface area contributed by atoms with Gasteiger partial charge >= 0.3 is 0 Å². The summed E-state index contributed by atoms with van der Waals surface area (Å²) in [4.78, 5) is 2.73. The first kappa shape index (κ1) is 15.0. The largest absolute Gasteiger partial charge is 0.311 e. The maximum absolute atomic E-state index is 3.69. The normalized spacial score (nSPS) is 27.7. The summed E-state index contributed by atoms with van der Waals surface area (Å²) in [6, 6.07) is 1.40. The Hall–Kier alpha value is -0.0800. The standard InChI is InChI=1S/C15H32N2/c1-7-13-10-17(11-15(5,6)8-2)14(9-16-13)12(3)4/h12-14,16H,7-11H2,1-6H3. The van der Waals surface area contributed by atoms with Crippen molar-refractivity contribution in [2.75, 3.05) is 19.6 Å². The summed E-state index contributed by atoms with van der Waals surface area (Å²) >= 11 is 0. The van der Waals surface area contributed by atoms with Crippen molar-refractivity contribution >= 4 is 0 Å². The van der Waals surface area contributed by atoms with Crippen molar-refractivity contribution in [1.29, 1.82) is 0 Å².